The van der Waals surface area contributed by atoms with Gasteiger partial charge in [-0.1, -0.05) is 41.5 Å². The van der Waals surface area contributed by atoms with E-state index in [1.54, 1.807) is 0 Å². The second-order valence-electron chi connectivity index (χ2n) is 10.2. The fraction of sp³-hybridized carbons (Fsp3) is 0.438. The normalized spacial score (nSPS) is 25.2. The summed E-state index contributed by atoms with van der Waals surface area (Å²) in [7, 11) is 0. The summed E-state index contributed by atoms with van der Waals surface area (Å²) in [4.78, 5) is 7.63. The number of allylic oxidation sites excluding steroid dienone is 2. The molecule has 4 nitrogen and oxygen atoms in total. The Morgan fingerprint density at radius 3 is 1.78 bits per heavy atom. The summed E-state index contributed by atoms with van der Waals surface area (Å²) in [6.45, 7) is 13.7. The zero-order valence-corrected chi connectivity index (χ0v) is 24.7. The van der Waals surface area contributed by atoms with Gasteiger partial charge in [0.15, 0.2) is 0 Å². The molecule has 0 amide bonds. The standard InChI is InChI=1S/C32H41BrN4/c1-7-19-20(8-2)27-15-28-21(9-3)22(10-4)29(36-28)16-30-23(11-5)24(12-6)31(37-30)17-32-25(33)13-18(34-32)14-26(19)35-27/h13-18,28,34-37H,7-12H2,1-6H3/b26-14-,27-15-,29-16-,32-17-. The molecule has 0 spiro atoms. The van der Waals surface area contributed by atoms with Crippen LogP contribution in [-0.2, 0) is 25.7 Å². The van der Waals surface area contributed by atoms with Crippen molar-refractivity contribution in [2.45, 2.75) is 92.2 Å². The number of H-pyrrole nitrogens is 2. The van der Waals surface area contributed by atoms with Crippen LogP contribution in [0.5, 0.6) is 0 Å². The minimum Gasteiger partial charge on any atom is -0.375 e. The van der Waals surface area contributed by atoms with Crippen LogP contribution in [0.3, 0.4) is 0 Å². The van der Waals surface area contributed by atoms with Crippen LogP contribution in [0.15, 0.2) is 33.1 Å². The monoisotopic (exact) mass is 560 g/mol. The zero-order valence-electron chi connectivity index (χ0n) is 23.2. The first-order valence-corrected chi connectivity index (χ1v) is 15.0. The Morgan fingerprint density at radius 1 is 0.622 bits per heavy atom. The first-order chi connectivity index (χ1) is 18.0. The zero-order chi connectivity index (χ0) is 26.3. The van der Waals surface area contributed by atoms with Crippen molar-refractivity contribution in [1.82, 2.24) is 20.6 Å². The molecule has 0 radical (unpaired) electrons. The van der Waals surface area contributed by atoms with Gasteiger partial charge in [0.25, 0.3) is 0 Å². The minimum absolute atomic E-state index is 0.133. The first kappa shape index (κ1) is 26.0. The van der Waals surface area contributed by atoms with Crippen molar-refractivity contribution in [2.75, 3.05) is 0 Å². The van der Waals surface area contributed by atoms with Gasteiger partial charge in [0.05, 0.1) is 17.8 Å². The average molecular weight is 562 g/mol. The van der Waals surface area contributed by atoms with Crippen LogP contribution in [0.2, 0.25) is 0 Å². The van der Waals surface area contributed by atoms with E-state index in [0.717, 1.165) is 48.7 Å². The Labute approximate surface area is 229 Å². The number of aromatic nitrogens is 2. The molecule has 5 rings (SSSR count). The lowest BCUT2D eigenvalue weighted by atomic mass is 9.98. The van der Waals surface area contributed by atoms with E-state index in [1.807, 2.05) is 0 Å². The van der Waals surface area contributed by atoms with E-state index < -0.39 is 0 Å². The van der Waals surface area contributed by atoms with Gasteiger partial charge in [-0.25, -0.2) is 0 Å². The Bertz CT molecular complexity index is 1460. The largest absolute Gasteiger partial charge is 0.375 e. The summed E-state index contributed by atoms with van der Waals surface area (Å²) in [5.41, 5.74) is 13.5. The van der Waals surface area contributed by atoms with Crippen LogP contribution >= 0.6 is 15.9 Å². The predicted molar refractivity (Wildman–Crippen MR) is 162 cm³/mol. The summed E-state index contributed by atoms with van der Waals surface area (Å²) < 4.78 is 1.12. The number of fused-ring (bicyclic) bond motifs is 8. The molecule has 196 valence electrons. The van der Waals surface area contributed by atoms with Crippen molar-refractivity contribution in [3.63, 3.8) is 0 Å². The van der Waals surface area contributed by atoms with E-state index in [1.165, 1.54) is 61.2 Å². The van der Waals surface area contributed by atoms with Gasteiger partial charge in [-0.3, -0.25) is 0 Å². The van der Waals surface area contributed by atoms with Crippen molar-refractivity contribution in [3.8, 4) is 0 Å². The van der Waals surface area contributed by atoms with E-state index >= 15 is 0 Å². The Balaban J connectivity index is 1.81. The van der Waals surface area contributed by atoms with Crippen LogP contribution in [0.25, 0.3) is 24.3 Å². The molecule has 2 atom stereocenters. The number of hydrogen-bond donors (Lipinski definition) is 4. The lowest BCUT2D eigenvalue weighted by Gasteiger charge is -2.11. The van der Waals surface area contributed by atoms with Gasteiger partial charge < -0.3 is 20.6 Å². The maximum atomic E-state index is 3.92. The van der Waals surface area contributed by atoms with Crippen molar-refractivity contribution >= 4 is 40.2 Å². The molecule has 5 heterocycles. The lowest BCUT2D eigenvalue weighted by Crippen LogP contribution is -2.26. The van der Waals surface area contributed by atoms with Crippen LogP contribution in [0, 0.1) is 0 Å². The molecule has 0 aromatic carbocycles. The number of rotatable bonds is 6. The molecule has 4 N–H and O–H groups in total. The number of nitrogens with one attached hydrogen (secondary N) is 4. The second-order valence-corrected chi connectivity index (χ2v) is 11.1. The highest BCUT2D eigenvalue weighted by molar-refractivity contribution is 9.12. The quantitative estimate of drug-likeness (QED) is 0.356. The number of halogens is 1. The molecule has 3 aliphatic rings. The Hall–Kier alpha value is -2.66. The van der Waals surface area contributed by atoms with Gasteiger partial charge >= 0.3 is 0 Å². The molecule has 8 bridgehead atoms. The minimum atomic E-state index is 0.133. The van der Waals surface area contributed by atoms with Crippen LogP contribution in [0.1, 0.15) is 88.0 Å². The highest BCUT2D eigenvalue weighted by atomic mass is 79.9. The van der Waals surface area contributed by atoms with Crippen molar-refractivity contribution < 1.29 is 0 Å². The van der Waals surface area contributed by atoms with E-state index in [0.29, 0.717) is 0 Å². The van der Waals surface area contributed by atoms with Gasteiger partial charge in [0, 0.05) is 32.3 Å². The summed E-state index contributed by atoms with van der Waals surface area (Å²) in [5, 5.41) is 10.2. The molecule has 2 unspecified atom stereocenters. The SMILES string of the molecule is CCC1=C(CC)C2/C=c3\[nH]/c(c(CC)c3CC)=C\C3C=C(Br)/C(=C/c4[nH]c(c(CC)c4CC)/C=C/1N2)N3. The highest BCUT2D eigenvalue weighted by Gasteiger charge is 2.27. The molecular weight excluding hydrogens is 520 g/mol. The molecule has 37 heavy (non-hydrogen) atoms. The fourth-order valence-electron chi connectivity index (χ4n) is 6.59. The van der Waals surface area contributed by atoms with Gasteiger partial charge in [-0.15, -0.1) is 0 Å². The summed E-state index contributed by atoms with van der Waals surface area (Å²) in [5.74, 6) is 0. The van der Waals surface area contributed by atoms with Crippen molar-refractivity contribution in [2.24, 2.45) is 0 Å². The molecule has 0 aliphatic carbocycles. The second kappa shape index (κ2) is 10.6. The van der Waals surface area contributed by atoms with E-state index in [-0.39, 0.29) is 12.1 Å². The summed E-state index contributed by atoms with van der Waals surface area (Å²) in [6, 6.07) is 0.338. The molecule has 2 aromatic rings. The molecule has 3 aliphatic heterocycles. The maximum absolute atomic E-state index is 3.92. The molecule has 5 heteroatoms. The topological polar surface area (TPSA) is 55.6 Å². The van der Waals surface area contributed by atoms with Gasteiger partial charge in [0.1, 0.15) is 0 Å². The van der Waals surface area contributed by atoms with Crippen LogP contribution in [0.4, 0.5) is 0 Å². The third-order valence-corrected chi connectivity index (χ3v) is 8.97. The van der Waals surface area contributed by atoms with Crippen LogP contribution < -0.4 is 21.3 Å². The highest BCUT2D eigenvalue weighted by Crippen LogP contribution is 2.34. The van der Waals surface area contributed by atoms with E-state index in [9.17, 15) is 0 Å². The van der Waals surface area contributed by atoms with E-state index in [4.69, 9.17) is 0 Å². The van der Waals surface area contributed by atoms with Crippen molar-refractivity contribution in [3.05, 3.63) is 77.4 Å². The number of aromatic amines is 2. The van der Waals surface area contributed by atoms with Gasteiger partial charge in [-0.2, -0.15) is 0 Å². The first-order valence-electron chi connectivity index (χ1n) is 14.2. The summed E-state index contributed by atoms with van der Waals surface area (Å²) >= 11 is 3.84. The van der Waals surface area contributed by atoms with Crippen LogP contribution in [-0.4, -0.2) is 22.1 Å². The third-order valence-electron chi connectivity index (χ3n) is 8.28. The molecule has 0 fully saturated rings. The fourth-order valence-corrected chi connectivity index (χ4v) is 7.10. The van der Waals surface area contributed by atoms with E-state index in [2.05, 4.69) is 108 Å². The Morgan fingerprint density at radius 2 is 1.22 bits per heavy atom. The lowest BCUT2D eigenvalue weighted by molar-refractivity contribution is 0.814. The third kappa shape index (κ3) is 4.50. The van der Waals surface area contributed by atoms with Gasteiger partial charge in [-0.05, 0) is 118 Å². The summed E-state index contributed by atoms with van der Waals surface area (Å²) in [6.07, 6.45) is 17.8. The van der Waals surface area contributed by atoms with Crippen molar-refractivity contribution in [1.29, 1.82) is 0 Å². The Kier molecular flexibility index (Phi) is 7.44. The number of hydrogen-bond acceptors (Lipinski definition) is 2. The average Bonchev–Trinajstić information content (AvgIpc) is 3.60. The molecule has 0 saturated carbocycles. The smallest absolute Gasteiger partial charge is 0.0687 e. The predicted octanol–water partition coefficient (Wildman–Crippen LogP) is 5.89. The molecule has 0 saturated heterocycles. The maximum Gasteiger partial charge on any atom is 0.0687 e. The molecular formula is C32H41BrN4. The molecule has 2 aromatic heterocycles. The van der Waals surface area contributed by atoms with Gasteiger partial charge in [0.2, 0.25) is 0 Å².